The maximum Gasteiger partial charge on any atom is 0.253 e. The molecule has 0 saturated heterocycles. The van der Waals surface area contributed by atoms with Crippen LogP contribution in [0.15, 0.2) is 54.6 Å². The molecule has 0 spiro atoms. The molecule has 194 valence electrons. The van der Waals surface area contributed by atoms with Crippen molar-refractivity contribution in [3.63, 3.8) is 0 Å². The number of benzene rings is 3. The molecular formula is C29H30Cl2N2O4. The van der Waals surface area contributed by atoms with E-state index < -0.39 is 5.41 Å². The zero-order valence-electron chi connectivity index (χ0n) is 21.6. The maximum absolute atomic E-state index is 14.3. The van der Waals surface area contributed by atoms with Crippen molar-refractivity contribution in [3.8, 4) is 11.5 Å². The van der Waals surface area contributed by atoms with Gasteiger partial charge in [-0.2, -0.15) is 0 Å². The molecule has 8 heteroatoms. The molecule has 1 aliphatic heterocycles. The Balaban J connectivity index is 1.84. The van der Waals surface area contributed by atoms with Crippen molar-refractivity contribution in [1.82, 2.24) is 4.90 Å². The van der Waals surface area contributed by atoms with E-state index in [0.29, 0.717) is 45.8 Å². The first-order valence-corrected chi connectivity index (χ1v) is 12.9. The second kappa shape index (κ2) is 10.6. The van der Waals surface area contributed by atoms with E-state index in [-0.39, 0.29) is 18.4 Å². The van der Waals surface area contributed by atoms with Crippen molar-refractivity contribution in [2.75, 3.05) is 32.2 Å². The molecule has 1 aliphatic rings. The van der Waals surface area contributed by atoms with Gasteiger partial charge in [0.15, 0.2) is 0 Å². The average molecular weight is 541 g/mol. The van der Waals surface area contributed by atoms with Crippen LogP contribution in [0.3, 0.4) is 0 Å². The molecule has 0 saturated carbocycles. The molecule has 37 heavy (non-hydrogen) atoms. The van der Waals surface area contributed by atoms with Gasteiger partial charge in [0.05, 0.1) is 20.8 Å². The summed E-state index contributed by atoms with van der Waals surface area (Å²) in [7, 11) is 3.17. The van der Waals surface area contributed by atoms with Crippen LogP contribution < -0.4 is 14.4 Å². The van der Waals surface area contributed by atoms with Gasteiger partial charge in [-0.25, -0.2) is 0 Å². The normalized spacial score (nSPS) is 16.5. The van der Waals surface area contributed by atoms with Gasteiger partial charge in [0.25, 0.3) is 5.91 Å². The molecule has 0 bridgehead atoms. The van der Waals surface area contributed by atoms with Crippen LogP contribution in [-0.2, 0) is 16.8 Å². The molecule has 6 nitrogen and oxygen atoms in total. The molecule has 0 aromatic heterocycles. The highest BCUT2D eigenvalue weighted by molar-refractivity contribution is 6.33. The van der Waals surface area contributed by atoms with Gasteiger partial charge in [0, 0.05) is 46.0 Å². The number of rotatable bonds is 8. The number of hydrogen-bond donors (Lipinski definition) is 0. The Hall–Kier alpha value is -3.22. The van der Waals surface area contributed by atoms with Gasteiger partial charge in [-0.3, -0.25) is 9.59 Å². The van der Waals surface area contributed by atoms with Crippen molar-refractivity contribution in [2.45, 2.75) is 32.7 Å². The van der Waals surface area contributed by atoms with Crippen molar-refractivity contribution in [3.05, 3.63) is 86.9 Å². The number of carbonyl (C=O) groups is 2. The molecule has 1 heterocycles. The highest BCUT2D eigenvalue weighted by Crippen LogP contribution is 2.49. The van der Waals surface area contributed by atoms with Crippen LogP contribution in [0.1, 0.15) is 47.8 Å². The van der Waals surface area contributed by atoms with E-state index in [1.165, 1.54) is 0 Å². The van der Waals surface area contributed by atoms with Crippen LogP contribution in [0.4, 0.5) is 5.69 Å². The summed E-state index contributed by atoms with van der Waals surface area (Å²) in [6, 6.07) is 16.0. The molecular weight excluding hydrogens is 511 g/mol. The van der Waals surface area contributed by atoms with Gasteiger partial charge in [0.1, 0.15) is 16.9 Å². The predicted octanol–water partition coefficient (Wildman–Crippen LogP) is 6.35. The van der Waals surface area contributed by atoms with E-state index in [9.17, 15) is 9.59 Å². The second-order valence-electron chi connectivity index (χ2n) is 9.03. The third kappa shape index (κ3) is 4.64. The smallest absolute Gasteiger partial charge is 0.253 e. The Kier molecular flexibility index (Phi) is 7.72. The Morgan fingerprint density at radius 1 is 0.946 bits per heavy atom. The molecule has 1 unspecified atom stereocenters. The fourth-order valence-electron chi connectivity index (χ4n) is 4.94. The standard InChI is InChI=1S/C29H30Cl2N2O4/c1-6-32(7-2)27(34)18-9-12-24(31)22(14-18)29(3)23-15-20(30)10-13-25(23)33(28(29)35)17-19-8-11-21(36-4)16-26(19)37-5/h8-16H,6-7,17H2,1-5H3. The highest BCUT2D eigenvalue weighted by atomic mass is 35.5. The minimum Gasteiger partial charge on any atom is -0.497 e. The first-order chi connectivity index (χ1) is 17.7. The van der Waals surface area contributed by atoms with Crippen LogP contribution in [-0.4, -0.2) is 44.0 Å². The summed E-state index contributed by atoms with van der Waals surface area (Å²) in [5.74, 6) is 0.994. The minimum atomic E-state index is -1.16. The zero-order chi connectivity index (χ0) is 26.9. The largest absolute Gasteiger partial charge is 0.497 e. The second-order valence-corrected chi connectivity index (χ2v) is 9.87. The number of carbonyl (C=O) groups excluding carboxylic acids is 2. The number of methoxy groups -OCH3 is 2. The third-order valence-corrected chi connectivity index (χ3v) is 7.65. The summed E-state index contributed by atoms with van der Waals surface area (Å²) >= 11 is 13.1. The van der Waals surface area contributed by atoms with Crippen molar-refractivity contribution in [2.24, 2.45) is 0 Å². The molecule has 0 fully saturated rings. The Morgan fingerprint density at radius 3 is 2.32 bits per heavy atom. The molecule has 1 atom stereocenters. The van der Waals surface area contributed by atoms with Gasteiger partial charge < -0.3 is 19.3 Å². The fourth-order valence-corrected chi connectivity index (χ4v) is 5.42. The van der Waals surface area contributed by atoms with Crippen molar-refractivity contribution < 1.29 is 19.1 Å². The lowest BCUT2D eigenvalue weighted by Gasteiger charge is -2.27. The zero-order valence-corrected chi connectivity index (χ0v) is 23.1. The van der Waals surface area contributed by atoms with Crippen LogP contribution in [0.2, 0.25) is 10.0 Å². The SMILES string of the molecule is CCN(CC)C(=O)c1ccc(Cl)c(C2(C)C(=O)N(Cc3ccc(OC)cc3OC)c3ccc(Cl)cc32)c1. The molecule has 0 radical (unpaired) electrons. The lowest BCUT2D eigenvalue weighted by molar-refractivity contribution is -0.121. The summed E-state index contributed by atoms with van der Waals surface area (Å²) in [5.41, 5.74) is 2.16. The lowest BCUT2D eigenvalue weighted by atomic mass is 9.76. The van der Waals surface area contributed by atoms with Crippen molar-refractivity contribution >= 4 is 40.7 Å². The van der Waals surface area contributed by atoms with Crippen LogP contribution in [0.5, 0.6) is 11.5 Å². The Labute approximate surface area is 227 Å². The summed E-state index contributed by atoms with van der Waals surface area (Å²) < 4.78 is 10.9. The molecule has 2 amide bonds. The van der Waals surface area contributed by atoms with Gasteiger partial charge in [-0.15, -0.1) is 0 Å². The minimum absolute atomic E-state index is 0.108. The number of halogens is 2. The quantitative estimate of drug-likeness (QED) is 0.334. The van der Waals surface area contributed by atoms with Crippen molar-refractivity contribution in [1.29, 1.82) is 0 Å². The van der Waals surface area contributed by atoms with E-state index in [4.69, 9.17) is 32.7 Å². The summed E-state index contributed by atoms with van der Waals surface area (Å²) in [6.45, 7) is 7.14. The summed E-state index contributed by atoms with van der Waals surface area (Å²) in [5, 5.41) is 0.912. The van der Waals surface area contributed by atoms with E-state index in [0.717, 1.165) is 16.8 Å². The van der Waals surface area contributed by atoms with Gasteiger partial charge >= 0.3 is 0 Å². The number of fused-ring (bicyclic) bond motifs is 1. The number of anilines is 1. The first kappa shape index (κ1) is 26.8. The molecule has 0 N–H and O–H groups in total. The van der Waals surface area contributed by atoms with Crippen LogP contribution >= 0.6 is 23.2 Å². The first-order valence-electron chi connectivity index (χ1n) is 12.1. The Bertz CT molecular complexity index is 1360. The molecule has 4 rings (SSSR count). The topological polar surface area (TPSA) is 59.1 Å². The maximum atomic E-state index is 14.3. The van der Waals surface area contributed by atoms with E-state index in [2.05, 4.69) is 0 Å². The molecule has 3 aromatic rings. The predicted molar refractivity (Wildman–Crippen MR) is 147 cm³/mol. The Morgan fingerprint density at radius 2 is 1.68 bits per heavy atom. The highest BCUT2D eigenvalue weighted by Gasteiger charge is 2.50. The van der Waals surface area contributed by atoms with E-state index >= 15 is 0 Å². The number of nitrogens with zero attached hydrogens (tertiary/aromatic N) is 2. The molecule has 3 aromatic carbocycles. The number of amides is 2. The summed E-state index contributed by atoms with van der Waals surface area (Å²) in [4.78, 5) is 30.9. The fraction of sp³-hybridized carbons (Fsp3) is 0.310. The van der Waals surface area contributed by atoms with Gasteiger partial charge in [0.2, 0.25) is 5.91 Å². The number of ether oxygens (including phenoxy) is 2. The monoisotopic (exact) mass is 540 g/mol. The lowest BCUT2D eigenvalue weighted by Crippen LogP contribution is -2.39. The van der Waals surface area contributed by atoms with E-state index in [1.807, 2.05) is 39.0 Å². The van der Waals surface area contributed by atoms with Gasteiger partial charge in [-0.1, -0.05) is 23.2 Å². The molecule has 0 aliphatic carbocycles. The van der Waals surface area contributed by atoms with E-state index in [1.54, 1.807) is 60.4 Å². The van der Waals surface area contributed by atoms with Crippen LogP contribution in [0, 0.1) is 0 Å². The third-order valence-electron chi connectivity index (χ3n) is 7.09. The average Bonchev–Trinajstić information content (AvgIpc) is 3.11. The number of hydrogen-bond acceptors (Lipinski definition) is 4. The van der Waals surface area contributed by atoms with Gasteiger partial charge in [-0.05, 0) is 80.4 Å². The van der Waals surface area contributed by atoms with Crippen LogP contribution in [0.25, 0.3) is 0 Å². The summed E-state index contributed by atoms with van der Waals surface area (Å²) in [6.07, 6.45) is 0.